The smallest absolute Gasteiger partial charge is 0.430 e. The molecule has 1 atom stereocenters. The number of carbonyl (C=O) groups is 2. The van der Waals surface area contributed by atoms with E-state index in [1.54, 1.807) is 20.8 Å². The van der Waals surface area contributed by atoms with Gasteiger partial charge in [0.25, 0.3) is 0 Å². The van der Waals surface area contributed by atoms with Crippen LogP contribution in [0.3, 0.4) is 0 Å². The molecule has 1 fully saturated rings. The van der Waals surface area contributed by atoms with Crippen molar-refractivity contribution in [3.05, 3.63) is 47.2 Å². The highest BCUT2D eigenvalue weighted by molar-refractivity contribution is 6.24. The number of nitrogens with zero attached hydrogens (tertiary/aromatic N) is 2. The number of allylic oxidation sites excluding steroid dienone is 1. The zero-order chi connectivity index (χ0) is 20.9. The number of rotatable bonds is 4. The van der Waals surface area contributed by atoms with Gasteiger partial charge in [0.2, 0.25) is 0 Å². The molecule has 2 rings (SSSR count). The molecule has 1 aromatic carbocycles. The zero-order valence-corrected chi connectivity index (χ0v) is 17.1. The predicted molar refractivity (Wildman–Crippen MR) is 106 cm³/mol. The van der Waals surface area contributed by atoms with Crippen molar-refractivity contribution in [2.45, 2.75) is 51.7 Å². The van der Waals surface area contributed by atoms with Crippen molar-refractivity contribution >= 4 is 17.6 Å². The largest absolute Gasteiger partial charge is 0.508 e. The first-order valence-corrected chi connectivity index (χ1v) is 9.22. The minimum Gasteiger partial charge on any atom is -0.508 e. The molecule has 1 amide bonds. The number of methoxy groups -OCH3 is 1. The lowest BCUT2D eigenvalue weighted by atomic mass is 9.88. The quantitative estimate of drug-likeness (QED) is 0.475. The Kier molecular flexibility index (Phi) is 6.96. The Morgan fingerprint density at radius 2 is 1.86 bits per heavy atom. The predicted octanol–water partition coefficient (Wildman–Crippen LogP) is 4.16. The van der Waals surface area contributed by atoms with E-state index >= 15 is 0 Å². The third kappa shape index (κ3) is 5.42. The maximum absolute atomic E-state index is 12.6. The van der Waals surface area contributed by atoms with Crippen molar-refractivity contribution in [3.63, 3.8) is 0 Å². The van der Waals surface area contributed by atoms with Gasteiger partial charge >= 0.3 is 6.09 Å². The van der Waals surface area contributed by atoms with Gasteiger partial charge in [-0.2, -0.15) is 5.10 Å². The van der Waals surface area contributed by atoms with Gasteiger partial charge < -0.3 is 14.6 Å². The Bertz CT molecular complexity index is 778. The Labute approximate surface area is 165 Å². The zero-order valence-electron chi connectivity index (χ0n) is 17.1. The van der Waals surface area contributed by atoms with Gasteiger partial charge in [-0.1, -0.05) is 30.3 Å². The summed E-state index contributed by atoms with van der Waals surface area (Å²) in [5.74, 6) is -0.423. The summed E-state index contributed by atoms with van der Waals surface area (Å²) in [4.78, 5) is 24.8. The lowest BCUT2D eigenvalue weighted by Gasteiger charge is -2.25. The fraction of sp³-hybridized carbons (Fsp3) is 0.476. The number of aliphatic hydroxyl groups excluding tert-OH is 1. The molecule has 1 N–H and O–H groups in total. The molecule has 0 radical (unpaired) electrons. The van der Waals surface area contributed by atoms with Crippen LogP contribution in [0.2, 0.25) is 0 Å². The maximum Gasteiger partial charge on any atom is 0.430 e. The summed E-state index contributed by atoms with van der Waals surface area (Å²) in [5.41, 5.74) is 0.508. The number of Topliss-reactive ketones (excluding diaryl/α,β-unsaturated/α-hetero) is 1. The number of ketones is 1. The molecule has 152 valence electrons. The van der Waals surface area contributed by atoms with Crippen LogP contribution in [-0.4, -0.2) is 47.5 Å². The van der Waals surface area contributed by atoms with E-state index in [1.165, 1.54) is 14.2 Å². The van der Waals surface area contributed by atoms with Crippen molar-refractivity contribution in [3.8, 4) is 0 Å². The number of ether oxygens (including phenoxy) is 2. The van der Waals surface area contributed by atoms with Crippen LogP contribution < -0.4 is 0 Å². The van der Waals surface area contributed by atoms with Gasteiger partial charge in [-0.3, -0.25) is 4.79 Å². The van der Waals surface area contributed by atoms with Crippen molar-refractivity contribution in [1.29, 1.82) is 0 Å². The molecule has 7 nitrogen and oxygen atoms in total. The van der Waals surface area contributed by atoms with E-state index in [9.17, 15) is 14.7 Å². The van der Waals surface area contributed by atoms with Crippen LogP contribution in [0.15, 0.2) is 46.8 Å². The molecular weight excluding hydrogens is 360 g/mol. The number of hydrazone groups is 1. The van der Waals surface area contributed by atoms with E-state index in [-0.39, 0.29) is 17.1 Å². The molecule has 0 heterocycles. The van der Waals surface area contributed by atoms with Gasteiger partial charge in [0.05, 0.1) is 11.3 Å². The molecule has 28 heavy (non-hydrogen) atoms. The molecule has 0 saturated heterocycles. The van der Waals surface area contributed by atoms with Gasteiger partial charge in [0.1, 0.15) is 17.5 Å². The Morgan fingerprint density at radius 3 is 2.43 bits per heavy atom. The van der Waals surface area contributed by atoms with E-state index in [4.69, 9.17) is 9.47 Å². The van der Waals surface area contributed by atoms with Gasteiger partial charge in [0, 0.05) is 20.6 Å². The van der Waals surface area contributed by atoms with Gasteiger partial charge in [0.15, 0.2) is 5.78 Å². The summed E-state index contributed by atoms with van der Waals surface area (Å²) in [7, 11) is 2.92. The van der Waals surface area contributed by atoms with E-state index in [0.717, 1.165) is 5.01 Å². The summed E-state index contributed by atoms with van der Waals surface area (Å²) < 4.78 is 10.7. The first-order chi connectivity index (χ1) is 13.1. The van der Waals surface area contributed by atoms with Gasteiger partial charge in [-0.25, -0.2) is 9.80 Å². The highest BCUT2D eigenvalue weighted by atomic mass is 16.6. The lowest BCUT2D eigenvalue weighted by molar-refractivity contribution is -0.115. The molecular formula is C21H28N2O5. The molecule has 0 bridgehead atoms. The number of amides is 1. The summed E-state index contributed by atoms with van der Waals surface area (Å²) in [6.45, 7) is 5.28. The van der Waals surface area contributed by atoms with Crippen LogP contribution in [-0.2, 0) is 14.3 Å². The third-order valence-corrected chi connectivity index (χ3v) is 4.16. The molecule has 0 aromatic heterocycles. The fourth-order valence-corrected chi connectivity index (χ4v) is 2.93. The summed E-state index contributed by atoms with van der Waals surface area (Å²) >= 11 is 0. The minimum absolute atomic E-state index is 0.109. The van der Waals surface area contributed by atoms with Crippen LogP contribution in [0.4, 0.5) is 4.79 Å². The van der Waals surface area contributed by atoms with E-state index in [2.05, 4.69) is 5.10 Å². The summed E-state index contributed by atoms with van der Waals surface area (Å²) in [5, 5.41) is 16.2. The summed E-state index contributed by atoms with van der Waals surface area (Å²) in [6.07, 6.45) is -0.0680. The topological polar surface area (TPSA) is 88.4 Å². The van der Waals surface area contributed by atoms with Crippen LogP contribution in [0, 0.1) is 0 Å². The molecule has 1 saturated carbocycles. The average Bonchev–Trinajstić information content (AvgIpc) is 2.61. The minimum atomic E-state index is -0.796. The molecule has 1 aliphatic rings. The fourth-order valence-electron chi connectivity index (χ4n) is 2.93. The van der Waals surface area contributed by atoms with Gasteiger partial charge in [-0.15, -0.1) is 0 Å². The molecule has 1 aliphatic carbocycles. The number of hydrogen-bond donors (Lipinski definition) is 1. The Morgan fingerprint density at radius 1 is 1.21 bits per heavy atom. The third-order valence-electron chi connectivity index (χ3n) is 4.16. The average molecular weight is 388 g/mol. The van der Waals surface area contributed by atoms with Gasteiger partial charge in [-0.05, 0) is 39.2 Å². The second kappa shape index (κ2) is 9.01. The monoisotopic (exact) mass is 388 g/mol. The molecule has 0 spiro atoms. The van der Waals surface area contributed by atoms with Crippen LogP contribution in [0.5, 0.6) is 0 Å². The van der Waals surface area contributed by atoms with Crippen molar-refractivity contribution in [2.24, 2.45) is 5.10 Å². The van der Waals surface area contributed by atoms with E-state index in [1.807, 2.05) is 30.3 Å². The highest BCUT2D eigenvalue weighted by Gasteiger charge is 2.31. The van der Waals surface area contributed by atoms with Crippen molar-refractivity contribution < 1.29 is 24.2 Å². The second-order valence-electron chi connectivity index (χ2n) is 7.61. The molecule has 0 aliphatic heterocycles. The SMILES string of the molecule is COC(C(O)=C1C(=O)CCCC1=NN(C)C(=O)OC(C)(C)C)c1ccccc1. The lowest BCUT2D eigenvalue weighted by Crippen LogP contribution is -2.33. The van der Waals surface area contributed by atoms with Crippen molar-refractivity contribution in [1.82, 2.24) is 5.01 Å². The van der Waals surface area contributed by atoms with Crippen LogP contribution in [0.25, 0.3) is 0 Å². The number of hydrogen-bond acceptors (Lipinski definition) is 6. The molecule has 7 heteroatoms. The Hall–Kier alpha value is -2.67. The standard InChI is InChI=1S/C21H28N2O5/c1-21(2,3)28-20(26)23(4)22-15-12-9-13-16(24)17(15)18(25)19(27-5)14-10-7-6-8-11-14/h6-8,10-11,19,25H,9,12-13H2,1-5H3. The number of carbonyl (C=O) groups excluding carboxylic acids is 2. The maximum atomic E-state index is 12.6. The van der Waals surface area contributed by atoms with E-state index in [0.29, 0.717) is 30.5 Å². The number of benzene rings is 1. The first-order valence-electron chi connectivity index (χ1n) is 9.22. The normalized spacial score (nSPS) is 19.3. The number of aliphatic hydroxyl groups is 1. The second-order valence-corrected chi connectivity index (χ2v) is 7.61. The Balaban J connectivity index is 2.41. The summed E-state index contributed by atoms with van der Waals surface area (Å²) in [6, 6.07) is 9.12. The molecule has 1 aromatic rings. The van der Waals surface area contributed by atoms with Crippen LogP contribution >= 0.6 is 0 Å². The molecule has 1 unspecified atom stereocenters. The van der Waals surface area contributed by atoms with E-state index < -0.39 is 17.8 Å². The highest BCUT2D eigenvalue weighted by Crippen LogP contribution is 2.30. The van der Waals surface area contributed by atoms with Crippen molar-refractivity contribution in [2.75, 3.05) is 14.2 Å². The van der Waals surface area contributed by atoms with Crippen LogP contribution in [0.1, 0.15) is 51.7 Å². The first kappa shape index (κ1) is 21.6.